The van der Waals surface area contributed by atoms with Crippen LogP contribution in [0, 0.1) is 10.1 Å². The lowest BCUT2D eigenvalue weighted by atomic mass is 10.0. The molecule has 4 amide bonds. The molecule has 46 heavy (non-hydrogen) atoms. The number of amides is 4. The molecule has 0 saturated carbocycles. The molecule has 2 aromatic carbocycles. The number of hydrogen-bond acceptors (Lipinski definition) is 9. The molecule has 0 spiro atoms. The van der Waals surface area contributed by atoms with Gasteiger partial charge in [-0.25, -0.2) is 4.79 Å². The van der Waals surface area contributed by atoms with Crippen molar-refractivity contribution in [2.24, 2.45) is 0 Å². The van der Waals surface area contributed by atoms with Gasteiger partial charge in [0.25, 0.3) is 17.5 Å². The zero-order valence-corrected chi connectivity index (χ0v) is 24.8. The van der Waals surface area contributed by atoms with Crippen LogP contribution in [0.25, 0.3) is 0 Å². The van der Waals surface area contributed by atoms with Crippen LogP contribution in [0.5, 0.6) is 0 Å². The van der Waals surface area contributed by atoms with Crippen molar-refractivity contribution in [3.8, 4) is 0 Å². The van der Waals surface area contributed by atoms with Crippen molar-refractivity contribution in [1.29, 1.82) is 0 Å². The highest BCUT2D eigenvalue weighted by molar-refractivity contribution is 6.04. The number of nitro groups is 1. The Morgan fingerprint density at radius 3 is 2.43 bits per heavy atom. The Balaban J connectivity index is 1.35. The number of nitro benzene ring substituents is 1. The molecule has 15 nitrogen and oxygen atoms in total. The molecular weight excluding hydrogens is 598 g/mol. The standard InChI is InChI=1S/C31H33N7O8/c39-28(40)18-24(21-3-1-11-32-19-21)34-29(41)20-5-10-26(36-12-14-37(15-13-36)30(42)27-4-2-16-46-27)25(17-20)35-31(43)33-22-6-8-23(9-7-22)38(44)45/h1,3,5-11,17,19,24,27H,2,4,12-16,18H2,(H,34,41)(H,39,40)(H2,33,35,43). The number of aliphatic carboxylic acids is 1. The van der Waals surface area contributed by atoms with Crippen LogP contribution in [0.3, 0.4) is 0 Å². The van der Waals surface area contributed by atoms with Crippen LogP contribution in [0.15, 0.2) is 67.0 Å². The summed E-state index contributed by atoms with van der Waals surface area (Å²) >= 11 is 0. The number of carbonyl (C=O) groups excluding carboxylic acids is 3. The number of carboxylic acids is 1. The fourth-order valence-electron chi connectivity index (χ4n) is 5.40. The molecule has 0 aliphatic carbocycles. The van der Waals surface area contributed by atoms with Gasteiger partial charge in [0.1, 0.15) is 6.10 Å². The maximum absolute atomic E-state index is 13.4. The van der Waals surface area contributed by atoms with Crippen LogP contribution < -0.4 is 20.9 Å². The van der Waals surface area contributed by atoms with Crippen molar-refractivity contribution in [3.63, 3.8) is 0 Å². The maximum Gasteiger partial charge on any atom is 0.323 e. The van der Waals surface area contributed by atoms with Gasteiger partial charge < -0.3 is 35.6 Å². The number of hydrogen-bond donors (Lipinski definition) is 4. The Bertz CT molecular complexity index is 1590. The summed E-state index contributed by atoms with van der Waals surface area (Å²) in [6.07, 6.45) is 3.80. The highest BCUT2D eigenvalue weighted by Crippen LogP contribution is 2.30. The molecule has 2 unspecified atom stereocenters. The number of anilines is 3. The average molecular weight is 632 g/mol. The summed E-state index contributed by atoms with van der Waals surface area (Å²) in [6.45, 7) is 2.38. The molecule has 3 aromatic rings. The molecule has 2 fully saturated rings. The molecule has 15 heteroatoms. The van der Waals surface area contributed by atoms with E-state index in [9.17, 15) is 34.4 Å². The van der Waals surface area contributed by atoms with E-state index < -0.39 is 35.0 Å². The van der Waals surface area contributed by atoms with Crippen LogP contribution in [-0.4, -0.2) is 82.6 Å². The van der Waals surface area contributed by atoms with E-state index in [1.54, 1.807) is 35.4 Å². The normalized spacial score (nSPS) is 16.7. The van der Waals surface area contributed by atoms with Gasteiger partial charge in [0.05, 0.1) is 28.8 Å². The van der Waals surface area contributed by atoms with Crippen LogP contribution in [0.4, 0.5) is 27.5 Å². The second kappa shape index (κ2) is 14.5. The van der Waals surface area contributed by atoms with Gasteiger partial charge in [-0.3, -0.25) is 29.5 Å². The summed E-state index contributed by atoms with van der Waals surface area (Å²) in [5.74, 6) is -1.70. The number of nitrogens with zero attached hydrogens (tertiary/aromatic N) is 4. The SMILES string of the molecule is O=C(O)CC(NC(=O)c1ccc(N2CCN(C(=O)C3CCCO3)CC2)c(NC(=O)Nc2ccc([N+](=O)[O-])cc2)c1)c1cccnc1. The Labute approximate surface area is 263 Å². The highest BCUT2D eigenvalue weighted by Gasteiger charge is 2.31. The van der Waals surface area contributed by atoms with Gasteiger partial charge in [-0.1, -0.05) is 6.07 Å². The lowest BCUT2D eigenvalue weighted by Crippen LogP contribution is -2.51. The molecular formula is C31H33N7O8. The molecule has 2 saturated heterocycles. The van der Waals surface area contributed by atoms with Crippen molar-refractivity contribution in [3.05, 3.63) is 88.2 Å². The lowest BCUT2D eigenvalue weighted by molar-refractivity contribution is -0.384. The first-order chi connectivity index (χ1) is 22.2. The lowest BCUT2D eigenvalue weighted by Gasteiger charge is -2.37. The van der Waals surface area contributed by atoms with Crippen molar-refractivity contribution < 1.29 is 33.9 Å². The monoisotopic (exact) mass is 631 g/mol. The van der Waals surface area contributed by atoms with Crippen LogP contribution in [0.2, 0.25) is 0 Å². The van der Waals surface area contributed by atoms with Crippen LogP contribution in [0.1, 0.15) is 41.2 Å². The number of piperazine rings is 1. The number of non-ortho nitro benzene ring substituents is 1. The van der Waals surface area contributed by atoms with Crippen molar-refractivity contribution >= 4 is 46.6 Å². The summed E-state index contributed by atoms with van der Waals surface area (Å²) in [5.41, 5.74) is 1.77. The zero-order chi connectivity index (χ0) is 32.6. The van der Waals surface area contributed by atoms with Gasteiger partial charge in [0.2, 0.25) is 0 Å². The van der Waals surface area contributed by atoms with E-state index in [1.807, 2.05) is 4.90 Å². The summed E-state index contributed by atoms with van der Waals surface area (Å²) in [4.78, 5) is 69.1. The molecule has 0 bridgehead atoms. The van der Waals surface area contributed by atoms with Crippen molar-refractivity contribution in [2.75, 3.05) is 48.3 Å². The fraction of sp³-hybridized carbons (Fsp3) is 0.323. The fourth-order valence-corrected chi connectivity index (χ4v) is 5.40. The predicted molar refractivity (Wildman–Crippen MR) is 167 cm³/mol. The number of rotatable bonds is 10. The van der Waals surface area contributed by atoms with E-state index in [2.05, 4.69) is 20.9 Å². The number of urea groups is 1. The topological polar surface area (TPSA) is 196 Å². The predicted octanol–water partition coefficient (Wildman–Crippen LogP) is 3.41. The Hall–Kier alpha value is -5.57. The van der Waals surface area contributed by atoms with Gasteiger partial charge in [0.15, 0.2) is 0 Å². The van der Waals surface area contributed by atoms with Gasteiger partial charge in [-0.15, -0.1) is 0 Å². The van der Waals surface area contributed by atoms with Gasteiger partial charge in [-0.2, -0.15) is 0 Å². The van der Waals surface area contributed by atoms with E-state index in [4.69, 9.17) is 4.74 Å². The van der Waals surface area contributed by atoms with Crippen LogP contribution >= 0.6 is 0 Å². The molecule has 2 atom stereocenters. The number of carbonyl (C=O) groups is 4. The third-order valence-electron chi connectivity index (χ3n) is 7.75. The minimum atomic E-state index is -1.10. The van der Waals surface area contributed by atoms with Crippen molar-refractivity contribution in [1.82, 2.24) is 15.2 Å². The first-order valence-electron chi connectivity index (χ1n) is 14.7. The van der Waals surface area contributed by atoms with E-state index in [0.29, 0.717) is 61.8 Å². The maximum atomic E-state index is 13.4. The number of benzene rings is 2. The van der Waals surface area contributed by atoms with Crippen molar-refractivity contribution in [2.45, 2.75) is 31.4 Å². The molecule has 1 aromatic heterocycles. The zero-order valence-electron chi connectivity index (χ0n) is 24.8. The number of aromatic nitrogens is 1. The largest absolute Gasteiger partial charge is 0.481 e. The number of nitrogens with one attached hydrogen (secondary N) is 3. The smallest absolute Gasteiger partial charge is 0.323 e. The van der Waals surface area contributed by atoms with Crippen LogP contribution in [-0.2, 0) is 14.3 Å². The highest BCUT2D eigenvalue weighted by atomic mass is 16.6. The third-order valence-corrected chi connectivity index (χ3v) is 7.75. The first kappa shape index (κ1) is 31.8. The van der Waals surface area contributed by atoms with Gasteiger partial charge in [-0.05, 0) is 54.8 Å². The Kier molecular flexibility index (Phi) is 10.0. The summed E-state index contributed by atoms with van der Waals surface area (Å²) in [6, 6.07) is 11.9. The quantitative estimate of drug-likeness (QED) is 0.190. The van der Waals surface area contributed by atoms with E-state index in [0.717, 1.165) is 6.42 Å². The molecule has 2 aliphatic rings. The minimum Gasteiger partial charge on any atom is -0.481 e. The molecule has 240 valence electrons. The summed E-state index contributed by atoms with van der Waals surface area (Å²) in [5, 5.41) is 28.6. The number of ether oxygens (including phenoxy) is 1. The molecule has 2 aliphatic heterocycles. The molecule has 5 rings (SSSR count). The minimum absolute atomic E-state index is 0.0328. The number of carboxylic acid groups (broad SMARTS) is 1. The first-order valence-corrected chi connectivity index (χ1v) is 14.7. The van der Waals surface area contributed by atoms with Gasteiger partial charge >= 0.3 is 12.0 Å². The third kappa shape index (κ3) is 7.92. The van der Waals surface area contributed by atoms with E-state index >= 15 is 0 Å². The molecule has 4 N–H and O–H groups in total. The van der Waals surface area contributed by atoms with E-state index in [1.165, 1.54) is 36.5 Å². The molecule has 0 radical (unpaired) electrons. The Morgan fingerprint density at radius 2 is 1.80 bits per heavy atom. The molecule has 3 heterocycles. The second-order valence-corrected chi connectivity index (χ2v) is 10.8. The van der Waals surface area contributed by atoms with E-state index in [-0.39, 0.29) is 23.6 Å². The summed E-state index contributed by atoms with van der Waals surface area (Å²) in [7, 11) is 0. The average Bonchev–Trinajstić information content (AvgIpc) is 3.60. The Morgan fingerprint density at radius 1 is 1.04 bits per heavy atom. The summed E-state index contributed by atoms with van der Waals surface area (Å²) < 4.78 is 5.56. The van der Waals surface area contributed by atoms with Gasteiger partial charge in [0, 0.05) is 68.6 Å². The number of pyridine rings is 1. The second-order valence-electron chi connectivity index (χ2n) is 10.8.